The summed E-state index contributed by atoms with van der Waals surface area (Å²) in [4.78, 5) is 24.2. The second-order valence-corrected chi connectivity index (χ2v) is 6.36. The van der Waals surface area contributed by atoms with Crippen LogP contribution in [0.5, 0.6) is 0 Å². The highest BCUT2D eigenvalue weighted by molar-refractivity contribution is 5.79. The van der Waals surface area contributed by atoms with E-state index >= 15 is 0 Å². The van der Waals surface area contributed by atoms with E-state index in [0.717, 1.165) is 32.1 Å². The van der Waals surface area contributed by atoms with E-state index in [1.165, 1.54) is 0 Å². The van der Waals surface area contributed by atoms with Gasteiger partial charge in [0.1, 0.15) is 0 Å². The van der Waals surface area contributed by atoms with Crippen molar-refractivity contribution in [1.29, 1.82) is 0 Å². The monoisotopic (exact) mass is 337 g/mol. The van der Waals surface area contributed by atoms with E-state index in [1.807, 2.05) is 29.2 Å². The fraction of sp³-hybridized carbons (Fsp3) is 0.684. The SMILES string of the molecule is CCCCC[C@H](O)/C=C/[C@H]1CCC(=O)N1C/C=C\CCCC(=O)O. The molecule has 0 spiro atoms. The lowest BCUT2D eigenvalue weighted by atomic mass is 10.1. The fourth-order valence-electron chi connectivity index (χ4n) is 2.83. The molecule has 0 unspecified atom stereocenters. The number of aliphatic carboxylic acids is 1. The predicted octanol–water partition coefficient (Wildman–Crippen LogP) is 3.29. The summed E-state index contributed by atoms with van der Waals surface area (Å²) in [6.45, 7) is 2.69. The van der Waals surface area contributed by atoms with Crippen LogP contribution in [0.25, 0.3) is 0 Å². The molecule has 5 nitrogen and oxygen atoms in total. The summed E-state index contributed by atoms with van der Waals surface area (Å²) in [5.41, 5.74) is 0. The van der Waals surface area contributed by atoms with Gasteiger partial charge in [-0.05, 0) is 25.7 Å². The fourth-order valence-corrected chi connectivity index (χ4v) is 2.83. The van der Waals surface area contributed by atoms with Gasteiger partial charge < -0.3 is 15.1 Å². The first-order valence-electron chi connectivity index (χ1n) is 9.07. The number of likely N-dealkylation sites (tertiary alicyclic amines) is 1. The van der Waals surface area contributed by atoms with Crippen LogP contribution < -0.4 is 0 Å². The number of aliphatic hydroxyl groups is 1. The quantitative estimate of drug-likeness (QED) is 0.423. The average Bonchev–Trinajstić information content (AvgIpc) is 2.89. The molecule has 2 atom stereocenters. The lowest BCUT2D eigenvalue weighted by Crippen LogP contribution is -2.32. The first-order chi connectivity index (χ1) is 11.5. The Morgan fingerprint density at radius 2 is 2.12 bits per heavy atom. The van der Waals surface area contributed by atoms with Gasteiger partial charge in [0.05, 0.1) is 12.1 Å². The number of allylic oxidation sites excluding steroid dienone is 1. The zero-order valence-electron chi connectivity index (χ0n) is 14.7. The number of amides is 1. The van der Waals surface area contributed by atoms with E-state index in [1.54, 1.807) is 0 Å². The van der Waals surface area contributed by atoms with Crippen LogP contribution in [0.4, 0.5) is 0 Å². The van der Waals surface area contributed by atoms with Crippen LogP contribution >= 0.6 is 0 Å². The molecule has 0 aliphatic carbocycles. The molecular weight excluding hydrogens is 306 g/mol. The topological polar surface area (TPSA) is 77.8 Å². The van der Waals surface area contributed by atoms with Crippen molar-refractivity contribution in [1.82, 2.24) is 4.90 Å². The maximum atomic E-state index is 12.0. The smallest absolute Gasteiger partial charge is 0.303 e. The molecule has 0 bridgehead atoms. The molecule has 0 saturated carbocycles. The van der Waals surface area contributed by atoms with Crippen molar-refractivity contribution >= 4 is 11.9 Å². The van der Waals surface area contributed by atoms with Gasteiger partial charge in [0.15, 0.2) is 0 Å². The lowest BCUT2D eigenvalue weighted by Gasteiger charge is -2.21. The molecule has 0 aromatic carbocycles. The van der Waals surface area contributed by atoms with Crippen LogP contribution in [0, 0.1) is 0 Å². The third-order valence-corrected chi connectivity index (χ3v) is 4.26. The molecule has 1 rings (SSSR count). The van der Waals surface area contributed by atoms with Crippen molar-refractivity contribution in [2.24, 2.45) is 0 Å². The number of carboxylic acids is 1. The van der Waals surface area contributed by atoms with Gasteiger partial charge in [0, 0.05) is 19.4 Å². The molecule has 0 radical (unpaired) electrons. The Bertz CT molecular complexity index is 445. The zero-order chi connectivity index (χ0) is 17.8. The van der Waals surface area contributed by atoms with Crippen molar-refractivity contribution < 1.29 is 19.8 Å². The second kappa shape index (κ2) is 11.8. The summed E-state index contributed by atoms with van der Waals surface area (Å²) in [5.74, 6) is -0.638. The molecule has 0 aromatic heterocycles. The van der Waals surface area contributed by atoms with Crippen LogP contribution in [-0.4, -0.2) is 45.7 Å². The summed E-state index contributed by atoms with van der Waals surface area (Å²) in [6, 6.07) is 0.0574. The third-order valence-electron chi connectivity index (χ3n) is 4.26. The maximum absolute atomic E-state index is 12.0. The van der Waals surface area contributed by atoms with Crippen LogP contribution in [0.1, 0.15) is 64.7 Å². The largest absolute Gasteiger partial charge is 0.481 e. The minimum atomic E-state index is -0.777. The van der Waals surface area contributed by atoms with Gasteiger partial charge in [-0.1, -0.05) is 50.5 Å². The van der Waals surface area contributed by atoms with Gasteiger partial charge >= 0.3 is 5.97 Å². The normalized spacial score (nSPS) is 19.7. The summed E-state index contributed by atoms with van der Waals surface area (Å²) >= 11 is 0. The van der Waals surface area contributed by atoms with Gasteiger partial charge in [-0.2, -0.15) is 0 Å². The number of unbranched alkanes of at least 4 members (excludes halogenated alkanes) is 3. The molecule has 5 heteroatoms. The number of carbonyl (C=O) groups excluding carboxylic acids is 1. The number of hydrogen-bond donors (Lipinski definition) is 2. The number of carbonyl (C=O) groups is 2. The Morgan fingerprint density at radius 3 is 2.83 bits per heavy atom. The van der Waals surface area contributed by atoms with E-state index in [0.29, 0.717) is 25.8 Å². The zero-order valence-corrected chi connectivity index (χ0v) is 14.7. The third kappa shape index (κ3) is 8.29. The first-order valence-corrected chi connectivity index (χ1v) is 9.07. The molecule has 1 amide bonds. The highest BCUT2D eigenvalue weighted by atomic mass is 16.4. The summed E-state index contributed by atoms with van der Waals surface area (Å²) in [6.07, 6.45) is 14.1. The molecule has 1 saturated heterocycles. The van der Waals surface area contributed by atoms with E-state index in [9.17, 15) is 14.7 Å². The molecule has 0 aromatic rings. The van der Waals surface area contributed by atoms with E-state index < -0.39 is 12.1 Å². The first kappa shape index (κ1) is 20.4. The van der Waals surface area contributed by atoms with E-state index in [4.69, 9.17) is 5.11 Å². The standard InChI is InChI=1S/C19H31NO4/c1-2-3-6-9-17(21)13-11-16-12-14-18(22)20(16)15-8-5-4-7-10-19(23)24/h5,8,11,13,16-17,21H,2-4,6-7,9-10,12,14-15H2,1H3,(H,23,24)/b8-5-,13-11+/t16-,17-/m0/s1. The molecule has 1 aliphatic heterocycles. The van der Waals surface area contributed by atoms with Crippen molar-refractivity contribution in [3.05, 3.63) is 24.3 Å². The Balaban J connectivity index is 2.37. The van der Waals surface area contributed by atoms with Crippen LogP contribution in [0.3, 0.4) is 0 Å². The van der Waals surface area contributed by atoms with E-state index in [-0.39, 0.29) is 18.4 Å². The van der Waals surface area contributed by atoms with Gasteiger partial charge in [-0.25, -0.2) is 0 Å². The van der Waals surface area contributed by atoms with Crippen LogP contribution in [-0.2, 0) is 9.59 Å². The number of carboxylic acid groups (broad SMARTS) is 1. The summed E-state index contributed by atoms with van der Waals surface area (Å²) in [7, 11) is 0. The second-order valence-electron chi connectivity index (χ2n) is 6.36. The Kier molecular flexibility index (Phi) is 10.1. The highest BCUT2D eigenvalue weighted by Crippen LogP contribution is 2.20. The van der Waals surface area contributed by atoms with Crippen molar-refractivity contribution in [2.45, 2.75) is 76.9 Å². The van der Waals surface area contributed by atoms with Crippen LogP contribution in [0.15, 0.2) is 24.3 Å². The number of nitrogens with zero attached hydrogens (tertiary/aromatic N) is 1. The van der Waals surface area contributed by atoms with Gasteiger partial charge in [0.2, 0.25) is 5.91 Å². The van der Waals surface area contributed by atoms with Crippen molar-refractivity contribution in [2.75, 3.05) is 6.54 Å². The number of hydrogen-bond acceptors (Lipinski definition) is 3. The minimum absolute atomic E-state index is 0.0574. The van der Waals surface area contributed by atoms with Crippen molar-refractivity contribution in [3.8, 4) is 0 Å². The summed E-state index contributed by atoms with van der Waals surface area (Å²) in [5, 5.41) is 18.5. The maximum Gasteiger partial charge on any atom is 0.303 e. The molecule has 1 fully saturated rings. The van der Waals surface area contributed by atoms with Crippen LogP contribution in [0.2, 0.25) is 0 Å². The highest BCUT2D eigenvalue weighted by Gasteiger charge is 2.27. The molecule has 1 aliphatic rings. The number of aliphatic hydroxyl groups excluding tert-OH is 1. The van der Waals surface area contributed by atoms with Gasteiger partial charge in [-0.3, -0.25) is 9.59 Å². The van der Waals surface area contributed by atoms with Gasteiger partial charge in [0.25, 0.3) is 0 Å². The summed E-state index contributed by atoms with van der Waals surface area (Å²) < 4.78 is 0. The average molecular weight is 337 g/mol. The molecular formula is C19H31NO4. The molecule has 1 heterocycles. The van der Waals surface area contributed by atoms with Crippen molar-refractivity contribution in [3.63, 3.8) is 0 Å². The minimum Gasteiger partial charge on any atom is -0.481 e. The Labute approximate surface area is 145 Å². The molecule has 24 heavy (non-hydrogen) atoms. The Morgan fingerprint density at radius 1 is 1.33 bits per heavy atom. The number of rotatable bonds is 12. The molecule has 2 N–H and O–H groups in total. The van der Waals surface area contributed by atoms with Gasteiger partial charge in [-0.15, -0.1) is 0 Å². The van der Waals surface area contributed by atoms with E-state index in [2.05, 4.69) is 6.92 Å². The molecule has 136 valence electrons. The predicted molar refractivity (Wildman–Crippen MR) is 94.7 cm³/mol. The Hall–Kier alpha value is -1.62. The lowest BCUT2D eigenvalue weighted by molar-refractivity contribution is -0.137.